The number of methoxy groups -OCH3 is 2. The molecule has 0 saturated heterocycles. The zero-order valence-corrected chi connectivity index (χ0v) is 14.9. The lowest BCUT2D eigenvalue weighted by Gasteiger charge is -2.35. The normalized spacial score (nSPS) is 22.8. The van der Waals surface area contributed by atoms with Crippen LogP contribution in [0, 0.1) is 11.1 Å². The van der Waals surface area contributed by atoms with Crippen LogP contribution in [-0.4, -0.2) is 20.3 Å². The van der Waals surface area contributed by atoms with Crippen molar-refractivity contribution < 1.29 is 9.47 Å². The average Bonchev–Trinajstić information content (AvgIpc) is 2.68. The van der Waals surface area contributed by atoms with Crippen LogP contribution in [0.3, 0.4) is 0 Å². The van der Waals surface area contributed by atoms with Crippen molar-refractivity contribution in [3.8, 4) is 0 Å². The Bertz CT molecular complexity index is 728. The Labute approximate surface area is 149 Å². The lowest BCUT2D eigenvalue weighted by Crippen LogP contribution is -2.24. The molecule has 2 aliphatic carbocycles. The van der Waals surface area contributed by atoms with Gasteiger partial charge < -0.3 is 19.7 Å². The zero-order valence-electron chi connectivity index (χ0n) is 14.9. The van der Waals surface area contributed by atoms with Crippen LogP contribution in [0.25, 0.3) is 5.57 Å². The molecule has 0 spiro atoms. The van der Waals surface area contributed by atoms with Gasteiger partial charge in [-0.2, -0.15) is 0 Å². The van der Waals surface area contributed by atoms with Crippen LogP contribution in [0.4, 0.5) is 5.69 Å². The van der Waals surface area contributed by atoms with E-state index in [1.165, 1.54) is 5.57 Å². The van der Waals surface area contributed by atoms with Crippen LogP contribution in [0.1, 0.15) is 25.3 Å². The van der Waals surface area contributed by atoms with E-state index in [2.05, 4.69) is 13.0 Å². The van der Waals surface area contributed by atoms with Crippen molar-refractivity contribution in [2.45, 2.75) is 25.9 Å². The third kappa shape index (κ3) is 3.86. The van der Waals surface area contributed by atoms with Gasteiger partial charge in [0.05, 0.1) is 19.0 Å². The van der Waals surface area contributed by atoms with E-state index in [1.807, 2.05) is 48.6 Å². The Morgan fingerprint density at radius 2 is 1.84 bits per heavy atom. The van der Waals surface area contributed by atoms with Crippen LogP contribution in [0.15, 0.2) is 66.1 Å². The summed E-state index contributed by atoms with van der Waals surface area (Å²) >= 11 is 0. The Hall–Kier alpha value is -2.30. The molecule has 0 heterocycles. The Morgan fingerprint density at radius 1 is 1.08 bits per heavy atom. The lowest BCUT2D eigenvalue weighted by atomic mass is 9.96. The first kappa shape index (κ1) is 17.5. The number of benzene rings is 1. The third-order valence-corrected chi connectivity index (χ3v) is 4.78. The highest BCUT2D eigenvalue weighted by molar-refractivity contribution is 5.70. The molecule has 0 aliphatic heterocycles. The van der Waals surface area contributed by atoms with Gasteiger partial charge in [-0.15, -0.1) is 0 Å². The molecule has 1 aromatic carbocycles. The number of ether oxygens (including phenoxy) is 2. The molecule has 0 bridgehead atoms. The molecule has 0 radical (unpaired) electrons. The van der Waals surface area contributed by atoms with Gasteiger partial charge in [0.2, 0.25) is 0 Å². The second-order valence-electron chi connectivity index (χ2n) is 6.38. The lowest BCUT2D eigenvalue weighted by molar-refractivity contribution is 0.111. The predicted molar refractivity (Wildman–Crippen MR) is 102 cm³/mol. The van der Waals surface area contributed by atoms with Crippen molar-refractivity contribution in [1.29, 1.82) is 0 Å². The highest BCUT2D eigenvalue weighted by atomic mass is 16.5. The van der Waals surface area contributed by atoms with Crippen molar-refractivity contribution in [2.24, 2.45) is 5.92 Å². The second kappa shape index (κ2) is 7.72. The maximum atomic E-state index is 12.6. The summed E-state index contributed by atoms with van der Waals surface area (Å²) in [5.41, 5.74) is 3.63. The van der Waals surface area contributed by atoms with Crippen molar-refractivity contribution >= 4 is 11.3 Å². The molecule has 0 amide bonds. The number of hydrogen-bond acceptors (Lipinski definition) is 4. The smallest absolute Gasteiger partial charge is 0.0958 e. The highest BCUT2D eigenvalue weighted by Crippen LogP contribution is 2.30. The summed E-state index contributed by atoms with van der Waals surface area (Å²) in [4.78, 5) is 0. The monoisotopic (exact) mass is 338 g/mol. The number of rotatable bonds is 5. The molecule has 1 aromatic rings. The number of hydrogen-bond donors (Lipinski definition) is 0. The molecule has 132 valence electrons. The molecule has 0 fully saturated rings. The first-order valence-corrected chi connectivity index (χ1v) is 8.56. The number of allylic oxidation sites excluding steroid dienone is 5. The van der Waals surface area contributed by atoms with E-state index in [-0.39, 0.29) is 12.0 Å². The van der Waals surface area contributed by atoms with E-state index in [0.717, 1.165) is 29.2 Å². The minimum atomic E-state index is -0.0649. The fourth-order valence-electron chi connectivity index (χ4n) is 3.14. The van der Waals surface area contributed by atoms with E-state index < -0.39 is 0 Å². The van der Waals surface area contributed by atoms with E-state index in [9.17, 15) is 5.21 Å². The second-order valence-corrected chi connectivity index (χ2v) is 6.38. The van der Waals surface area contributed by atoms with Gasteiger partial charge in [0.15, 0.2) is 0 Å². The quantitative estimate of drug-likeness (QED) is 0.723. The molecule has 4 heteroatoms. The zero-order chi connectivity index (χ0) is 17.8. The molecule has 0 N–H and O–H groups in total. The van der Waals surface area contributed by atoms with Gasteiger partial charge in [-0.1, -0.05) is 31.2 Å². The Kier molecular flexibility index (Phi) is 5.41. The van der Waals surface area contributed by atoms with Crippen LogP contribution in [0.5, 0.6) is 0 Å². The molecule has 25 heavy (non-hydrogen) atoms. The summed E-state index contributed by atoms with van der Waals surface area (Å²) in [5.74, 6) is 1.27. The fraction of sp³-hybridized carbons (Fsp3) is 0.333. The van der Waals surface area contributed by atoms with Crippen LogP contribution >= 0.6 is 0 Å². The van der Waals surface area contributed by atoms with E-state index in [4.69, 9.17) is 9.47 Å². The standard InChI is InChI=1S/C21H24NO3/c1-15-4-9-19(14-21(15)25-3)22(23)18-10-5-16(6-11-18)17-7-12-20(24-2)13-8-17/h4-7,9-12,14-15,21H,8,13H2,1-3H3/q-1. The molecule has 0 saturated carbocycles. The van der Waals surface area contributed by atoms with Gasteiger partial charge in [0.25, 0.3) is 0 Å². The Balaban J connectivity index is 1.76. The summed E-state index contributed by atoms with van der Waals surface area (Å²) in [6.07, 6.45) is 11.6. The summed E-state index contributed by atoms with van der Waals surface area (Å²) in [6, 6.07) is 7.74. The minimum Gasteiger partial charge on any atom is -0.754 e. The fourth-order valence-corrected chi connectivity index (χ4v) is 3.14. The van der Waals surface area contributed by atoms with Gasteiger partial charge in [-0.3, -0.25) is 0 Å². The summed E-state index contributed by atoms with van der Waals surface area (Å²) in [6.45, 7) is 2.07. The molecule has 2 atom stereocenters. The summed E-state index contributed by atoms with van der Waals surface area (Å²) in [7, 11) is 3.37. The third-order valence-electron chi connectivity index (χ3n) is 4.78. The van der Waals surface area contributed by atoms with Gasteiger partial charge in [-0.25, -0.2) is 0 Å². The van der Waals surface area contributed by atoms with Crippen molar-refractivity contribution in [2.75, 3.05) is 19.3 Å². The van der Waals surface area contributed by atoms with Crippen LogP contribution < -0.4 is 5.06 Å². The molecular weight excluding hydrogens is 314 g/mol. The van der Waals surface area contributed by atoms with Crippen molar-refractivity contribution in [3.05, 3.63) is 76.9 Å². The first-order chi connectivity index (χ1) is 12.1. The largest absolute Gasteiger partial charge is 0.754 e. The van der Waals surface area contributed by atoms with Crippen molar-refractivity contribution in [3.63, 3.8) is 0 Å². The summed E-state index contributed by atoms with van der Waals surface area (Å²) < 4.78 is 10.7. The van der Waals surface area contributed by atoms with Gasteiger partial charge in [-0.05, 0) is 47.9 Å². The van der Waals surface area contributed by atoms with E-state index in [0.29, 0.717) is 11.4 Å². The molecule has 3 rings (SSSR count). The molecule has 4 nitrogen and oxygen atoms in total. The van der Waals surface area contributed by atoms with E-state index >= 15 is 0 Å². The van der Waals surface area contributed by atoms with Gasteiger partial charge in [0.1, 0.15) is 0 Å². The topological polar surface area (TPSA) is 44.8 Å². The number of nitrogens with zero attached hydrogens (tertiary/aromatic N) is 1. The first-order valence-electron chi connectivity index (χ1n) is 8.56. The SMILES string of the molecule is COC1=CC=C(c2ccc(N([O-])C3=CC(OC)C(C)C=C3)cc2)CC1. The molecule has 2 unspecified atom stereocenters. The highest BCUT2D eigenvalue weighted by Gasteiger charge is 2.17. The summed E-state index contributed by atoms with van der Waals surface area (Å²) in [5, 5.41) is 13.6. The maximum Gasteiger partial charge on any atom is 0.0958 e. The average molecular weight is 338 g/mol. The molecular formula is C21H24NO3-. The number of hydroxylamine groups is 1. The maximum absolute atomic E-state index is 12.6. The Morgan fingerprint density at radius 3 is 2.44 bits per heavy atom. The molecule has 2 aliphatic rings. The van der Waals surface area contributed by atoms with Gasteiger partial charge in [0, 0.05) is 30.8 Å². The van der Waals surface area contributed by atoms with Crippen LogP contribution in [0.2, 0.25) is 0 Å². The van der Waals surface area contributed by atoms with E-state index in [1.54, 1.807) is 14.2 Å². The van der Waals surface area contributed by atoms with Crippen LogP contribution in [-0.2, 0) is 9.47 Å². The van der Waals surface area contributed by atoms with Crippen molar-refractivity contribution in [1.82, 2.24) is 0 Å². The minimum absolute atomic E-state index is 0.0649. The predicted octanol–water partition coefficient (Wildman–Crippen LogP) is 4.80. The molecule has 0 aromatic heterocycles. The van der Waals surface area contributed by atoms with Gasteiger partial charge >= 0.3 is 0 Å². The number of anilines is 1.